The van der Waals surface area contributed by atoms with Crippen molar-refractivity contribution in [1.82, 2.24) is 0 Å². The molecule has 0 amide bonds. The van der Waals surface area contributed by atoms with Gasteiger partial charge in [0.25, 0.3) is 0 Å². The first-order chi connectivity index (χ1) is 19.9. The second-order valence-corrected chi connectivity index (χ2v) is 8.10. The molecule has 0 aromatic heterocycles. The van der Waals surface area contributed by atoms with Crippen molar-refractivity contribution in [3.8, 4) is 23.5 Å². The van der Waals surface area contributed by atoms with Crippen molar-refractivity contribution >= 4 is 23.9 Å². The molecule has 216 valence electrons. The first-order valence-electron chi connectivity index (χ1n) is 12.8. The molecule has 0 spiro atoms. The summed E-state index contributed by atoms with van der Waals surface area (Å²) < 4.78 is 30.9. The van der Waals surface area contributed by atoms with Crippen molar-refractivity contribution in [2.45, 2.75) is 25.7 Å². The van der Waals surface area contributed by atoms with Crippen LogP contribution in [0.5, 0.6) is 11.5 Å². The lowest BCUT2D eigenvalue weighted by Crippen LogP contribution is -2.07. The molecule has 0 heterocycles. The van der Waals surface area contributed by atoms with E-state index in [9.17, 15) is 19.2 Å². The number of hydrogen-bond donors (Lipinski definition) is 0. The Balaban J connectivity index is 1.58. The first-order valence-corrected chi connectivity index (χ1v) is 12.8. The maximum atomic E-state index is 12.2. The predicted octanol–water partition coefficient (Wildman–Crippen LogP) is 4.44. The lowest BCUT2D eigenvalue weighted by molar-refractivity contribution is -0.138. The quantitative estimate of drug-likeness (QED) is 0.0896. The zero-order valence-electron chi connectivity index (χ0n) is 22.6. The van der Waals surface area contributed by atoms with Crippen LogP contribution in [-0.4, -0.2) is 56.9 Å². The van der Waals surface area contributed by atoms with Crippen LogP contribution in [0.2, 0.25) is 0 Å². The molecule has 0 fully saturated rings. The topological polar surface area (TPSA) is 124 Å². The third-order valence-electron chi connectivity index (χ3n) is 5.01. The highest BCUT2D eigenvalue weighted by Crippen LogP contribution is 2.14. The van der Waals surface area contributed by atoms with Gasteiger partial charge in [0.15, 0.2) is 0 Å². The SMILES string of the molecule is C=CC(=O)OCCCOc1ccc(C(=O)OC#CCCCOC(=O)c2ccc(OCCCOC(=O)C=C)cc2)cc1. The van der Waals surface area contributed by atoms with Crippen LogP contribution >= 0.6 is 0 Å². The van der Waals surface area contributed by atoms with E-state index in [0.29, 0.717) is 61.5 Å². The van der Waals surface area contributed by atoms with E-state index in [1.165, 1.54) is 0 Å². The van der Waals surface area contributed by atoms with Gasteiger partial charge in [0.2, 0.25) is 0 Å². The molecule has 2 aromatic rings. The van der Waals surface area contributed by atoms with Crippen LogP contribution in [0.3, 0.4) is 0 Å². The number of unbranched alkanes of at least 4 members (excludes halogenated alkanes) is 1. The second kappa shape index (κ2) is 19.1. The molecule has 0 atom stereocenters. The fourth-order valence-electron chi connectivity index (χ4n) is 2.94. The largest absolute Gasteiger partial charge is 0.493 e. The van der Waals surface area contributed by atoms with Gasteiger partial charge in [0.1, 0.15) is 17.6 Å². The number of ether oxygens (including phenoxy) is 6. The van der Waals surface area contributed by atoms with Crippen molar-refractivity contribution in [2.24, 2.45) is 0 Å². The normalized spacial score (nSPS) is 9.76. The smallest absolute Gasteiger partial charge is 0.352 e. The Hall–Kier alpha value is -5.04. The summed E-state index contributed by atoms with van der Waals surface area (Å²) >= 11 is 0. The maximum Gasteiger partial charge on any atom is 0.352 e. The second-order valence-electron chi connectivity index (χ2n) is 8.10. The lowest BCUT2D eigenvalue weighted by Gasteiger charge is -2.07. The minimum absolute atomic E-state index is 0.154. The van der Waals surface area contributed by atoms with Gasteiger partial charge in [-0.2, -0.15) is 0 Å². The van der Waals surface area contributed by atoms with Gasteiger partial charge in [0, 0.05) is 31.4 Å². The van der Waals surface area contributed by atoms with Crippen LogP contribution in [0.15, 0.2) is 73.8 Å². The Labute approximate surface area is 238 Å². The van der Waals surface area contributed by atoms with E-state index >= 15 is 0 Å². The van der Waals surface area contributed by atoms with Gasteiger partial charge in [-0.3, -0.25) is 0 Å². The van der Waals surface area contributed by atoms with Crippen molar-refractivity contribution in [1.29, 1.82) is 0 Å². The van der Waals surface area contributed by atoms with Crippen LogP contribution in [0.4, 0.5) is 0 Å². The van der Waals surface area contributed by atoms with E-state index in [2.05, 4.69) is 25.2 Å². The highest BCUT2D eigenvalue weighted by atomic mass is 16.5. The summed E-state index contributed by atoms with van der Waals surface area (Å²) in [6.45, 7) is 7.93. The molecular weight excluding hydrogens is 532 g/mol. The van der Waals surface area contributed by atoms with E-state index in [1.54, 1.807) is 48.5 Å². The lowest BCUT2D eigenvalue weighted by atomic mass is 10.2. The number of esters is 4. The van der Waals surface area contributed by atoms with Crippen LogP contribution in [0, 0.1) is 12.0 Å². The molecular formula is C31H32O10. The van der Waals surface area contributed by atoms with Crippen LogP contribution in [-0.2, 0) is 28.5 Å². The van der Waals surface area contributed by atoms with Crippen molar-refractivity contribution < 1.29 is 47.6 Å². The zero-order valence-corrected chi connectivity index (χ0v) is 22.6. The van der Waals surface area contributed by atoms with E-state index < -0.39 is 23.9 Å². The number of rotatable bonds is 17. The van der Waals surface area contributed by atoms with Crippen molar-refractivity contribution in [2.75, 3.05) is 33.0 Å². The Morgan fingerprint density at radius 1 is 0.610 bits per heavy atom. The molecule has 0 N–H and O–H groups in total. The van der Waals surface area contributed by atoms with Crippen molar-refractivity contribution in [3.63, 3.8) is 0 Å². The summed E-state index contributed by atoms with van der Waals surface area (Å²) in [4.78, 5) is 46.2. The average molecular weight is 565 g/mol. The van der Waals surface area contributed by atoms with Gasteiger partial charge < -0.3 is 28.4 Å². The summed E-state index contributed by atoms with van der Waals surface area (Å²) in [5.74, 6) is 1.80. The van der Waals surface area contributed by atoms with Crippen LogP contribution < -0.4 is 9.47 Å². The fraction of sp³-hybridized carbons (Fsp3) is 0.290. The Morgan fingerprint density at radius 2 is 1.07 bits per heavy atom. The van der Waals surface area contributed by atoms with E-state index in [1.807, 2.05) is 0 Å². The molecule has 0 aliphatic heterocycles. The number of carbonyl (C=O) groups excluding carboxylic acids is 4. The highest BCUT2D eigenvalue weighted by Gasteiger charge is 2.08. The monoisotopic (exact) mass is 564 g/mol. The molecule has 0 radical (unpaired) electrons. The van der Waals surface area contributed by atoms with E-state index in [0.717, 1.165) is 12.2 Å². The molecule has 0 saturated heterocycles. The van der Waals surface area contributed by atoms with Gasteiger partial charge in [0.05, 0.1) is 44.2 Å². The molecule has 10 heteroatoms. The zero-order chi connectivity index (χ0) is 29.7. The molecule has 0 bridgehead atoms. The molecule has 10 nitrogen and oxygen atoms in total. The number of benzene rings is 2. The Kier molecular flexibility index (Phi) is 15.0. The highest BCUT2D eigenvalue weighted by molar-refractivity contribution is 5.90. The summed E-state index contributed by atoms with van der Waals surface area (Å²) in [5.41, 5.74) is 0.689. The summed E-state index contributed by atoms with van der Waals surface area (Å²) in [5, 5.41) is 0. The Morgan fingerprint density at radius 3 is 1.56 bits per heavy atom. The Bertz CT molecular complexity index is 1220. The van der Waals surface area contributed by atoms with Crippen molar-refractivity contribution in [3.05, 3.63) is 85.0 Å². The van der Waals surface area contributed by atoms with Crippen LogP contribution in [0.1, 0.15) is 46.4 Å². The molecule has 2 aromatic carbocycles. The maximum absolute atomic E-state index is 12.2. The van der Waals surface area contributed by atoms with Gasteiger partial charge in [-0.25, -0.2) is 19.2 Å². The summed E-state index contributed by atoms with van der Waals surface area (Å²) in [6.07, 6.45) is 6.42. The predicted molar refractivity (Wildman–Crippen MR) is 148 cm³/mol. The first kappa shape index (κ1) is 32.2. The minimum Gasteiger partial charge on any atom is -0.493 e. The third-order valence-corrected chi connectivity index (χ3v) is 5.01. The number of carbonyl (C=O) groups is 4. The average Bonchev–Trinajstić information content (AvgIpc) is 3.00. The molecule has 2 rings (SSSR count). The minimum atomic E-state index is -0.602. The summed E-state index contributed by atoms with van der Waals surface area (Å²) in [7, 11) is 0. The van der Waals surface area contributed by atoms with Gasteiger partial charge in [-0.1, -0.05) is 19.1 Å². The van der Waals surface area contributed by atoms with Gasteiger partial charge >= 0.3 is 23.9 Å². The standard InChI is InChI=1S/C31H32O10/c1-3-28(32)38-22-8-20-36-26-14-10-24(11-15-26)30(34)40-18-6-5-7-19-41-31(35)25-12-16-27(17-13-25)37-21-9-23-39-29(33)4-2/h3-4,10-17H,1-2,5-6,8-9,18,20-23H2. The molecule has 0 aliphatic carbocycles. The van der Waals surface area contributed by atoms with E-state index in [4.69, 9.17) is 28.4 Å². The van der Waals surface area contributed by atoms with Crippen LogP contribution in [0.25, 0.3) is 0 Å². The fourth-order valence-corrected chi connectivity index (χ4v) is 2.94. The number of hydrogen-bond acceptors (Lipinski definition) is 10. The van der Waals surface area contributed by atoms with E-state index in [-0.39, 0.29) is 19.8 Å². The van der Waals surface area contributed by atoms with Gasteiger partial charge in [-0.15, -0.1) is 0 Å². The molecule has 0 unspecified atom stereocenters. The molecule has 41 heavy (non-hydrogen) atoms. The third kappa shape index (κ3) is 13.5. The summed E-state index contributed by atoms with van der Waals surface area (Å²) in [6, 6.07) is 12.9. The van der Waals surface area contributed by atoms with Gasteiger partial charge in [-0.05, 0) is 55.0 Å². The molecule has 0 aliphatic rings. The molecule has 0 saturated carbocycles.